The molecule has 25 heavy (non-hydrogen) atoms. The van der Waals surface area contributed by atoms with Gasteiger partial charge in [-0.05, 0) is 55.2 Å². The lowest BCUT2D eigenvalue weighted by Crippen LogP contribution is -2.48. The molecule has 3 unspecified atom stereocenters. The van der Waals surface area contributed by atoms with Gasteiger partial charge in [-0.1, -0.05) is 43.0 Å². The third-order valence-corrected chi connectivity index (χ3v) is 6.93. The van der Waals surface area contributed by atoms with Crippen LogP contribution in [0.15, 0.2) is 24.3 Å². The Morgan fingerprint density at radius 1 is 1.16 bits per heavy atom. The number of amides is 1. The quantitative estimate of drug-likeness (QED) is 0.834. The van der Waals surface area contributed by atoms with Gasteiger partial charge in [0.15, 0.2) is 0 Å². The van der Waals surface area contributed by atoms with E-state index in [1.165, 1.54) is 12.8 Å². The van der Waals surface area contributed by atoms with Crippen molar-refractivity contribution in [2.75, 3.05) is 13.1 Å². The molecule has 5 heteroatoms. The Morgan fingerprint density at radius 2 is 1.92 bits per heavy atom. The van der Waals surface area contributed by atoms with Crippen molar-refractivity contribution in [2.24, 2.45) is 17.6 Å². The van der Waals surface area contributed by atoms with E-state index in [4.69, 9.17) is 17.3 Å². The van der Waals surface area contributed by atoms with Crippen LogP contribution < -0.4 is 5.73 Å². The molecule has 3 aliphatic rings. The highest BCUT2D eigenvalue weighted by Gasteiger charge is 2.49. The van der Waals surface area contributed by atoms with Crippen LogP contribution in [0, 0.1) is 11.8 Å². The van der Waals surface area contributed by atoms with Crippen LogP contribution in [0.2, 0.25) is 5.02 Å². The number of likely N-dealkylation sites (tertiary alicyclic amines) is 1. The van der Waals surface area contributed by atoms with Crippen LogP contribution in [0.25, 0.3) is 0 Å². The zero-order valence-corrected chi connectivity index (χ0v) is 16.2. The van der Waals surface area contributed by atoms with E-state index in [1.807, 2.05) is 18.2 Å². The van der Waals surface area contributed by atoms with Gasteiger partial charge in [0.2, 0.25) is 5.91 Å². The first-order valence-electron chi connectivity index (χ1n) is 9.41. The van der Waals surface area contributed by atoms with Crippen molar-refractivity contribution < 1.29 is 4.79 Å². The second-order valence-electron chi connectivity index (χ2n) is 8.03. The Bertz CT molecular complexity index is 630. The maximum Gasteiger partial charge on any atom is 0.233 e. The first-order chi connectivity index (χ1) is 11.6. The number of hydrogen-bond acceptors (Lipinski definition) is 2. The first kappa shape index (κ1) is 19.0. The van der Waals surface area contributed by atoms with E-state index < -0.39 is 0 Å². The fraction of sp³-hybridized carbons (Fsp3) is 0.650. The van der Waals surface area contributed by atoms with Crippen LogP contribution in [0.5, 0.6) is 0 Å². The van der Waals surface area contributed by atoms with E-state index >= 15 is 0 Å². The van der Waals surface area contributed by atoms with Crippen molar-refractivity contribution in [1.82, 2.24) is 4.90 Å². The highest BCUT2D eigenvalue weighted by Crippen LogP contribution is 2.44. The fourth-order valence-corrected chi connectivity index (χ4v) is 5.53. The van der Waals surface area contributed by atoms with E-state index in [2.05, 4.69) is 11.0 Å². The molecule has 1 aromatic rings. The summed E-state index contributed by atoms with van der Waals surface area (Å²) in [5.74, 6) is 1.45. The number of fused-ring (bicyclic) bond motifs is 1. The van der Waals surface area contributed by atoms with Crippen molar-refractivity contribution in [3.05, 3.63) is 34.9 Å². The van der Waals surface area contributed by atoms with Crippen molar-refractivity contribution in [3.63, 3.8) is 0 Å². The van der Waals surface area contributed by atoms with Gasteiger partial charge in [-0.3, -0.25) is 4.79 Å². The highest BCUT2D eigenvalue weighted by atomic mass is 35.5. The van der Waals surface area contributed by atoms with Crippen LogP contribution in [0.3, 0.4) is 0 Å². The molecule has 2 aliphatic carbocycles. The molecule has 0 bridgehead atoms. The van der Waals surface area contributed by atoms with Crippen LogP contribution in [0.4, 0.5) is 0 Å². The van der Waals surface area contributed by atoms with Gasteiger partial charge in [-0.15, -0.1) is 12.4 Å². The molecule has 3 fully saturated rings. The average molecular weight is 383 g/mol. The number of nitrogens with zero attached hydrogens (tertiary/aromatic N) is 1. The normalized spacial score (nSPS) is 30.6. The fourth-order valence-electron chi connectivity index (χ4n) is 5.34. The smallest absolute Gasteiger partial charge is 0.233 e. The van der Waals surface area contributed by atoms with Gasteiger partial charge >= 0.3 is 0 Å². The maximum atomic E-state index is 13.6. The Morgan fingerprint density at radius 3 is 2.60 bits per heavy atom. The zero-order valence-electron chi connectivity index (χ0n) is 14.6. The zero-order chi connectivity index (χ0) is 16.7. The Hall–Kier alpha value is -0.770. The molecule has 3 atom stereocenters. The number of hydrogen-bond donors (Lipinski definition) is 1. The summed E-state index contributed by atoms with van der Waals surface area (Å²) in [5, 5.41) is 0.727. The summed E-state index contributed by atoms with van der Waals surface area (Å²) in [6, 6.07) is 8.26. The molecule has 1 heterocycles. The van der Waals surface area contributed by atoms with Gasteiger partial charge in [0, 0.05) is 24.2 Å². The van der Waals surface area contributed by atoms with Crippen molar-refractivity contribution >= 4 is 29.9 Å². The minimum absolute atomic E-state index is 0. The number of benzene rings is 1. The third-order valence-electron chi connectivity index (χ3n) is 6.69. The first-order valence-corrected chi connectivity index (χ1v) is 9.79. The Kier molecular flexibility index (Phi) is 5.67. The number of halogens is 2. The molecule has 0 radical (unpaired) electrons. The standard InChI is InChI=1S/C20H27ClN2O.ClH/c21-16-6-4-5-15(11-16)20(9-2-1-3-10-20)19(24)23-12-14-7-8-18(22)17(14)13-23;/h4-6,11,14,17-18H,1-3,7-10,12-13,22H2;1H. The lowest BCUT2D eigenvalue weighted by molar-refractivity contribution is -0.138. The predicted octanol–water partition coefficient (Wildman–Crippen LogP) is 4.16. The average Bonchev–Trinajstić information content (AvgIpc) is 3.17. The maximum absolute atomic E-state index is 13.6. The molecule has 1 aromatic carbocycles. The molecule has 2 N–H and O–H groups in total. The number of carbonyl (C=O) groups is 1. The molecule has 4 rings (SSSR count). The summed E-state index contributed by atoms with van der Waals surface area (Å²) >= 11 is 6.25. The molecule has 3 nitrogen and oxygen atoms in total. The van der Waals surface area contributed by atoms with Crippen molar-refractivity contribution in [3.8, 4) is 0 Å². The molecule has 2 saturated carbocycles. The molecular formula is C20H28Cl2N2O. The van der Waals surface area contributed by atoms with Crippen LogP contribution in [0.1, 0.15) is 50.5 Å². The van der Waals surface area contributed by atoms with Crippen molar-refractivity contribution in [2.45, 2.75) is 56.4 Å². The number of nitrogens with two attached hydrogens (primary N) is 1. The highest BCUT2D eigenvalue weighted by molar-refractivity contribution is 6.30. The SMILES string of the molecule is Cl.NC1CCC2CN(C(=O)C3(c4cccc(Cl)c4)CCCCC3)CC12. The summed E-state index contributed by atoms with van der Waals surface area (Å²) < 4.78 is 0. The summed E-state index contributed by atoms with van der Waals surface area (Å²) in [6.07, 6.45) is 7.67. The summed E-state index contributed by atoms with van der Waals surface area (Å²) in [5.41, 5.74) is 7.01. The summed E-state index contributed by atoms with van der Waals surface area (Å²) in [6.45, 7) is 1.76. The van der Waals surface area contributed by atoms with Crippen LogP contribution in [-0.4, -0.2) is 29.9 Å². The van der Waals surface area contributed by atoms with Crippen molar-refractivity contribution in [1.29, 1.82) is 0 Å². The molecule has 0 spiro atoms. The molecular weight excluding hydrogens is 355 g/mol. The second-order valence-corrected chi connectivity index (χ2v) is 8.46. The Labute approximate surface area is 161 Å². The van der Waals surface area contributed by atoms with Gasteiger partial charge in [0.1, 0.15) is 0 Å². The van der Waals surface area contributed by atoms with E-state index in [0.717, 1.165) is 55.8 Å². The third kappa shape index (κ3) is 3.31. The minimum atomic E-state index is -0.369. The lowest BCUT2D eigenvalue weighted by Gasteiger charge is -2.39. The Balaban J connectivity index is 0.00000182. The monoisotopic (exact) mass is 382 g/mol. The summed E-state index contributed by atoms with van der Waals surface area (Å²) in [4.78, 5) is 15.7. The number of rotatable bonds is 2. The largest absolute Gasteiger partial charge is 0.341 e. The van der Waals surface area contributed by atoms with Crippen LogP contribution >= 0.6 is 24.0 Å². The molecule has 138 valence electrons. The summed E-state index contributed by atoms with van der Waals surface area (Å²) in [7, 11) is 0. The molecule has 0 aromatic heterocycles. The van der Waals surface area contributed by atoms with E-state index in [1.54, 1.807) is 0 Å². The van der Waals surface area contributed by atoms with E-state index in [9.17, 15) is 4.79 Å². The van der Waals surface area contributed by atoms with Crippen LogP contribution in [-0.2, 0) is 10.2 Å². The van der Waals surface area contributed by atoms with Gasteiger partial charge in [-0.25, -0.2) is 0 Å². The van der Waals surface area contributed by atoms with Gasteiger partial charge < -0.3 is 10.6 Å². The number of carbonyl (C=O) groups excluding carboxylic acids is 1. The molecule has 1 amide bonds. The van der Waals surface area contributed by atoms with Gasteiger partial charge in [-0.2, -0.15) is 0 Å². The minimum Gasteiger partial charge on any atom is -0.341 e. The topological polar surface area (TPSA) is 46.3 Å². The molecule has 1 aliphatic heterocycles. The van der Waals surface area contributed by atoms with E-state index in [-0.39, 0.29) is 23.9 Å². The lowest BCUT2D eigenvalue weighted by atomic mass is 9.68. The van der Waals surface area contributed by atoms with Gasteiger partial charge in [0.05, 0.1) is 5.41 Å². The van der Waals surface area contributed by atoms with Gasteiger partial charge in [0.25, 0.3) is 0 Å². The second kappa shape index (κ2) is 7.46. The molecule has 1 saturated heterocycles. The predicted molar refractivity (Wildman–Crippen MR) is 104 cm³/mol. The van der Waals surface area contributed by atoms with E-state index in [0.29, 0.717) is 17.7 Å².